The van der Waals surface area contributed by atoms with Gasteiger partial charge in [0.25, 0.3) is 0 Å². The maximum Gasteiger partial charge on any atom is 0.0415 e. The first-order chi connectivity index (χ1) is 8.72. The van der Waals surface area contributed by atoms with Gasteiger partial charge in [-0.05, 0) is 25.1 Å². The molecule has 1 aliphatic heterocycles. The maximum atomic E-state index is 3.52. The Bertz CT molecular complexity index is 381. The minimum Gasteiger partial charge on any atom is -0.369 e. The summed E-state index contributed by atoms with van der Waals surface area (Å²) in [6.07, 6.45) is 0. The van der Waals surface area contributed by atoms with Crippen LogP contribution < -0.4 is 10.2 Å². The van der Waals surface area contributed by atoms with Crippen LogP contribution in [0.4, 0.5) is 5.69 Å². The zero-order valence-electron chi connectivity index (χ0n) is 11.6. The molecule has 0 radical (unpaired) electrons. The number of benzene rings is 1. The van der Waals surface area contributed by atoms with E-state index in [0.717, 1.165) is 11.8 Å². The number of nitrogens with zero attached hydrogens (tertiary/aromatic N) is 1. The van der Waals surface area contributed by atoms with Crippen molar-refractivity contribution in [2.75, 3.05) is 30.3 Å². The number of hydrogen-bond acceptors (Lipinski definition) is 3. The van der Waals surface area contributed by atoms with Gasteiger partial charge in [-0.3, -0.25) is 0 Å². The molecular weight excluding hydrogens is 240 g/mol. The quantitative estimate of drug-likeness (QED) is 0.898. The monoisotopic (exact) mass is 264 g/mol. The van der Waals surface area contributed by atoms with Crippen LogP contribution in [0.25, 0.3) is 0 Å². The highest BCUT2D eigenvalue weighted by Gasteiger charge is 2.20. The number of hydrogen-bond donors (Lipinski definition) is 1. The molecule has 0 aliphatic carbocycles. The summed E-state index contributed by atoms with van der Waals surface area (Å²) >= 11 is 2.08. The number of para-hydroxylation sites is 1. The van der Waals surface area contributed by atoms with Crippen LogP contribution in [0.5, 0.6) is 0 Å². The van der Waals surface area contributed by atoms with Crippen LogP contribution in [0.15, 0.2) is 24.3 Å². The number of rotatable bonds is 4. The third kappa shape index (κ3) is 3.21. The molecule has 100 valence electrons. The Morgan fingerprint density at radius 2 is 2.22 bits per heavy atom. The maximum absolute atomic E-state index is 3.52. The molecule has 0 aromatic heterocycles. The van der Waals surface area contributed by atoms with E-state index in [9.17, 15) is 0 Å². The Morgan fingerprint density at radius 1 is 1.44 bits per heavy atom. The molecule has 2 atom stereocenters. The SMILES string of the molecule is CCNC(C)c1ccccc1N1CCSC(C)C1. The summed E-state index contributed by atoms with van der Waals surface area (Å²) in [5, 5.41) is 4.26. The van der Waals surface area contributed by atoms with E-state index in [1.165, 1.54) is 30.1 Å². The van der Waals surface area contributed by atoms with Crippen LogP contribution in [0.2, 0.25) is 0 Å². The molecule has 1 N–H and O–H groups in total. The first-order valence-corrected chi connectivity index (χ1v) is 7.96. The standard InChI is InChI=1S/C15H24N2S/c1-4-16-13(3)14-7-5-6-8-15(14)17-9-10-18-12(2)11-17/h5-8,12-13,16H,4,9-11H2,1-3H3. The van der Waals surface area contributed by atoms with E-state index in [2.05, 4.69) is 67.0 Å². The molecule has 0 spiro atoms. The van der Waals surface area contributed by atoms with Gasteiger partial charge < -0.3 is 10.2 Å². The molecule has 1 saturated heterocycles. The van der Waals surface area contributed by atoms with Crippen molar-refractivity contribution in [3.8, 4) is 0 Å². The average molecular weight is 264 g/mol. The van der Waals surface area contributed by atoms with Crippen molar-refractivity contribution in [2.24, 2.45) is 0 Å². The predicted molar refractivity (Wildman–Crippen MR) is 82.7 cm³/mol. The molecule has 2 unspecified atom stereocenters. The topological polar surface area (TPSA) is 15.3 Å². The van der Waals surface area contributed by atoms with Crippen LogP contribution in [-0.4, -0.2) is 30.6 Å². The highest BCUT2D eigenvalue weighted by molar-refractivity contribution is 8.00. The van der Waals surface area contributed by atoms with Crippen molar-refractivity contribution in [1.82, 2.24) is 5.32 Å². The lowest BCUT2D eigenvalue weighted by atomic mass is 10.0. The zero-order chi connectivity index (χ0) is 13.0. The van der Waals surface area contributed by atoms with Gasteiger partial charge in [0, 0.05) is 35.8 Å². The number of thioether (sulfide) groups is 1. The summed E-state index contributed by atoms with van der Waals surface area (Å²) in [5.41, 5.74) is 2.84. The van der Waals surface area contributed by atoms with Crippen molar-refractivity contribution in [1.29, 1.82) is 0 Å². The molecule has 3 heteroatoms. The van der Waals surface area contributed by atoms with E-state index in [0.29, 0.717) is 6.04 Å². The third-order valence-corrected chi connectivity index (χ3v) is 4.63. The Balaban J connectivity index is 2.21. The molecule has 1 aromatic carbocycles. The van der Waals surface area contributed by atoms with Crippen LogP contribution >= 0.6 is 11.8 Å². The Labute approximate surface area is 115 Å². The van der Waals surface area contributed by atoms with E-state index < -0.39 is 0 Å². The molecule has 0 amide bonds. The summed E-state index contributed by atoms with van der Waals surface area (Å²) < 4.78 is 0. The lowest BCUT2D eigenvalue weighted by Gasteiger charge is -2.34. The summed E-state index contributed by atoms with van der Waals surface area (Å²) in [5.74, 6) is 1.24. The minimum atomic E-state index is 0.427. The van der Waals surface area contributed by atoms with Gasteiger partial charge in [-0.25, -0.2) is 0 Å². The molecule has 2 rings (SSSR count). The molecule has 0 bridgehead atoms. The van der Waals surface area contributed by atoms with Crippen molar-refractivity contribution in [3.63, 3.8) is 0 Å². The first kappa shape index (κ1) is 13.8. The average Bonchev–Trinajstić information content (AvgIpc) is 2.39. The molecule has 1 aromatic rings. The predicted octanol–water partition coefficient (Wildman–Crippen LogP) is 3.30. The Kier molecular flexibility index (Phi) is 4.95. The second-order valence-corrected chi connectivity index (χ2v) is 6.51. The van der Waals surface area contributed by atoms with Crippen LogP contribution in [-0.2, 0) is 0 Å². The summed E-state index contributed by atoms with van der Waals surface area (Å²) in [6, 6.07) is 9.26. The lowest BCUT2D eigenvalue weighted by molar-refractivity contribution is 0.595. The molecule has 2 nitrogen and oxygen atoms in total. The number of nitrogens with one attached hydrogen (secondary N) is 1. The van der Waals surface area contributed by atoms with E-state index in [-0.39, 0.29) is 0 Å². The highest BCUT2D eigenvalue weighted by Crippen LogP contribution is 2.30. The molecule has 1 heterocycles. The Hall–Kier alpha value is -0.670. The third-order valence-electron chi connectivity index (χ3n) is 3.50. The van der Waals surface area contributed by atoms with Crippen molar-refractivity contribution in [3.05, 3.63) is 29.8 Å². The fourth-order valence-corrected chi connectivity index (χ4v) is 3.61. The van der Waals surface area contributed by atoms with Gasteiger partial charge in [0.1, 0.15) is 0 Å². The van der Waals surface area contributed by atoms with E-state index in [4.69, 9.17) is 0 Å². The van der Waals surface area contributed by atoms with Crippen LogP contribution in [0.3, 0.4) is 0 Å². The van der Waals surface area contributed by atoms with Crippen molar-refractivity contribution < 1.29 is 0 Å². The molecular formula is C15H24N2S. The van der Waals surface area contributed by atoms with Crippen molar-refractivity contribution >= 4 is 17.4 Å². The van der Waals surface area contributed by atoms with Gasteiger partial charge >= 0.3 is 0 Å². The fourth-order valence-electron chi connectivity index (χ4n) is 2.60. The molecule has 18 heavy (non-hydrogen) atoms. The zero-order valence-corrected chi connectivity index (χ0v) is 12.5. The summed E-state index contributed by atoms with van der Waals surface area (Å²) in [4.78, 5) is 2.55. The van der Waals surface area contributed by atoms with Gasteiger partial charge in [0.15, 0.2) is 0 Å². The lowest BCUT2D eigenvalue weighted by Crippen LogP contribution is -2.37. The summed E-state index contributed by atoms with van der Waals surface area (Å²) in [6.45, 7) is 10.1. The minimum absolute atomic E-state index is 0.427. The van der Waals surface area contributed by atoms with Gasteiger partial charge in [-0.1, -0.05) is 32.0 Å². The largest absolute Gasteiger partial charge is 0.369 e. The smallest absolute Gasteiger partial charge is 0.0415 e. The normalized spacial score (nSPS) is 21.9. The highest BCUT2D eigenvalue weighted by atomic mass is 32.2. The van der Waals surface area contributed by atoms with Crippen LogP contribution in [0.1, 0.15) is 32.4 Å². The second-order valence-electron chi connectivity index (χ2n) is 4.97. The van der Waals surface area contributed by atoms with Gasteiger partial charge in [0.05, 0.1) is 0 Å². The second kappa shape index (κ2) is 6.48. The molecule has 1 fully saturated rings. The molecule has 1 aliphatic rings. The van der Waals surface area contributed by atoms with Gasteiger partial charge in [-0.2, -0.15) is 11.8 Å². The van der Waals surface area contributed by atoms with Crippen LogP contribution in [0, 0.1) is 0 Å². The van der Waals surface area contributed by atoms with Gasteiger partial charge in [-0.15, -0.1) is 0 Å². The van der Waals surface area contributed by atoms with E-state index in [1.54, 1.807) is 0 Å². The Morgan fingerprint density at radius 3 is 2.94 bits per heavy atom. The molecule has 0 saturated carbocycles. The fraction of sp³-hybridized carbons (Fsp3) is 0.600. The summed E-state index contributed by atoms with van der Waals surface area (Å²) in [7, 11) is 0. The van der Waals surface area contributed by atoms with Gasteiger partial charge in [0.2, 0.25) is 0 Å². The number of anilines is 1. The van der Waals surface area contributed by atoms with E-state index in [1.807, 2.05) is 0 Å². The van der Waals surface area contributed by atoms with Crippen molar-refractivity contribution in [2.45, 2.75) is 32.1 Å². The van der Waals surface area contributed by atoms with E-state index >= 15 is 0 Å². The first-order valence-electron chi connectivity index (χ1n) is 6.91.